The third-order valence-corrected chi connectivity index (χ3v) is 18.7. The smallest absolute Gasteiger partial charge is 0.343 e. The average molecular weight is 1980 g/mol. The van der Waals surface area contributed by atoms with E-state index in [0.29, 0.717) is 91.0 Å². The summed E-state index contributed by atoms with van der Waals surface area (Å²) in [6.45, 7) is -7.94. The van der Waals surface area contributed by atoms with Gasteiger partial charge in [0, 0.05) is 5.56 Å². The van der Waals surface area contributed by atoms with Crippen LogP contribution in [-0.4, -0.2) is 287 Å². The second kappa shape index (κ2) is 41.7. The van der Waals surface area contributed by atoms with Crippen molar-refractivity contribution in [2.45, 2.75) is 30.7 Å². The third-order valence-electron chi connectivity index (χ3n) is 18.7. The van der Waals surface area contributed by atoms with E-state index in [1.165, 1.54) is 0 Å². The van der Waals surface area contributed by atoms with Gasteiger partial charge in [0.15, 0.2) is 166 Å². The highest BCUT2D eigenvalue weighted by atomic mass is 16.8. The van der Waals surface area contributed by atoms with Gasteiger partial charge in [-0.25, -0.2) is 67.1 Å². The number of hydrogen-bond donors (Lipinski definition) is 25. The Balaban J connectivity index is 1.11. The van der Waals surface area contributed by atoms with Gasteiger partial charge in [0.05, 0.1) is 55.6 Å². The van der Waals surface area contributed by atoms with E-state index in [0.717, 1.165) is 0 Å². The van der Waals surface area contributed by atoms with E-state index in [1.807, 2.05) is 0 Å². The van der Waals surface area contributed by atoms with Crippen molar-refractivity contribution < 1.29 is 271 Å². The van der Waals surface area contributed by atoms with Gasteiger partial charge >= 0.3 is 83.6 Å². The number of carboxylic acid groups (broad SMARTS) is 5. The zero-order valence-corrected chi connectivity index (χ0v) is 69.6. The SMILES string of the molecule is O=C(O)COc1cc(C(=O)Oc2cc(C(=O)OCC3OC(OC(=O)c4cc(O)c(O)c(OC(=O)c5cc(O)c(OCC(=O)O)c(O)c5)c4)C(OC(=O)c4cc(O)c(O)c(OC(=O)c5cc(O)c(O)c(OCC(=O)O)c5)c4)C(OC(=O)c4cc(O)c(O)c(C(=O)c5cc(O)c(OCC(=O)O)c(O)c5)c4)C3OC(=O)c3cc(O)c(O)c(OC(=O)c4cc(O)c(O)c(OCC(=O)O)c4)c3)cc(O)c2O)cc(O)c1O. The molecule has 55 heteroatoms. The van der Waals surface area contributed by atoms with Gasteiger partial charge in [0.1, 0.15) is 12.7 Å². The molecule has 736 valence electrons. The molecule has 1 heterocycles. The van der Waals surface area contributed by atoms with Gasteiger partial charge in [0.2, 0.25) is 64.1 Å². The number of hydrogen-bond acceptors (Lipinski definition) is 50. The molecule has 11 rings (SSSR count). The summed E-state index contributed by atoms with van der Waals surface area (Å²) in [5.41, 5.74) is -12.0. The van der Waals surface area contributed by atoms with Crippen LogP contribution in [0.4, 0.5) is 0 Å². The molecule has 1 aliphatic rings. The molecule has 0 aliphatic carbocycles. The van der Waals surface area contributed by atoms with Crippen molar-refractivity contribution in [2.24, 2.45) is 0 Å². The fourth-order valence-corrected chi connectivity index (χ4v) is 12.2. The van der Waals surface area contributed by atoms with Crippen LogP contribution in [0.25, 0.3) is 0 Å². The van der Waals surface area contributed by atoms with Crippen LogP contribution in [0.15, 0.2) is 121 Å². The van der Waals surface area contributed by atoms with E-state index < -0.39 is 388 Å². The molecule has 10 aromatic rings. The predicted octanol–water partition coefficient (Wildman–Crippen LogP) is 3.64. The number of carbonyl (C=O) groups is 15. The standard InChI is InChI=1S/C86H62O55/c87-38-4-28(1-37(64(38)110)63(109)27-2-46(95)72(47(96)3-27)130-25-61(105)106)82(123)139-75-74(138-83(124)34-9-43(92)69(115)54(18-34)135-80(121)32-7-40(89)66(112)51(15-32)128-23-59(101)102)57(21-132-77(118)30-5-42(91)68(114)53(17-30)134-79(120)31-6-39(88)65(111)50(14-31)127-22-58(99)100)137-86(141-85(126)36-11-45(94)71(117)56(20-36)133-78(119)29-12-48(97)73(49(98)13-29)131-26-62(107)108)76(75)140-84(125)35-10-44(93)70(116)55(19-35)136-81(122)33-8-41(90)67(113)52(16-33)129-24-60(103)104/h1-20,57,74-76,86-98,110-117H,21-26H2,(H,99,100)(H,101,102)(H,103,104)(H,105,106)(H,107,108). The Kier molecular flexibility index (Phi) is 29.8. The molecule has 25 N–H and O–H groups in total. The summed E-state index contributed by atoms with van der Waals surface area (Å²) >= 11 is 0. The zero-order valence-electron chi connectivity index (χ0n) is 69.6. The fraction of sp³-hybridized carbons (Fsp3) is 0.128. The van der Waals surface area contributed by atoms with E-state index in [1.54, 1.807) is 0 Å². The summed E-state index contributed by atoms with van der Waals surface area (Å²) in [4.78, 5) is 203. The molecule has 10 aromatic carbocycles. The lowest BCUT2D eigenvalue weighted by molar-refractivity contribution is -0.282. The summed E-state index contributed by atoms with van der Waals surface area (Å²) < 4.78 is 80.2. The Bertz CT molecular complexity index is 6820. The number of aromatic hydroxyl groups is 20. The molecule has 5 unspecified atom stereocenters. The maximum atomic E-state index is 15.6. The van der Waals surface area contributed by atoms with Crippen LogP contribution in [0.3, 0.4) is 0 Å². The van der Waals surface area contributed by atoms with Gasteiger partial charge in [-0.3, -0.25) is 4.79 Å². The van der Waals surface area contributed by atoms with Gasteiger partial charge in [0.25, 0.3) is 0 Å². The first-order valence-corrected chi connectivity index (χ1v) is 38.3. The first kappa shape index (κ1) is 101. The molecule has 0 spiro atoms. The van der Waals surface area contributed by atoms with Crippen molar-refractivity contribution in [2.75, 3.05) is 39.6 Å². The fourth-order valence-electron chi connectivity index (χ4n) is 12.2. The number of phenolic OH excluding ortho intramolecular Hbond substituents is 20. The van der Waals surface area contributed by atoms with Gasteiger partial charge < -0.3 is 199 Å². The molecule has 141 heavy (non-hydrogen) atoms. The minimum absolute atomic E-state index is 0.238. The lowest BCUT2D eigenvalue weighted by atomic mass is 9.97. The first-order valence-electron chi connectivity index (χ1n) is 38.3. The number of phenols is 20. The minimum Gasteiger partial charge on any atom is -0.504 e. The molecule has 0 bridgehead atoms. The Morgan fingerprint density at radius 1 is 0.227 bits per heavy atom. The van der Waals surface area contributed by atoms with Gasteiger partial charge in [-0.1, -0.05) is 0 Å². The van der Waals surface area contributed by atoms with Crippen LogP contribution in [-0.2, 0) is 52.4 Å². The largest absolute Gasteiger partial charge is 0.504 e. The molecular weight excluding hydrogens is 1910 g/mol. The molecule has 1 saturated heterocycles. The van der Waals surface area contributed by atoms with Crippen LogP contribution < -0.4 is 42.6 Å². The number of aliphatic carboxylic acids is 5. The summed E-state index contributed by atoms with van der Waals surface area (Å²) in [5.74, 6) is -64.1. The number of esters is 9. The average Bonchev–Trinajstić information content (AvgIpc) is 0.761. The van der Waals surface area contributed by atoms with Crippen LogP contribution >= 0.6 is 0 Å². The van der Waals surface area contributed by atoms with Crippen molar-refractivity contribution in [3.63, 3.8) is 0 Å². The zero-order chi connectivity index (χ0) is 104. The summed E-state index contributed by atoms with van der Waals surface area (Å²) in [7, 11) is 0. The number of rotatable bonds is 36. The van der Waals surface area contributed by atoms with Crippen LogP contribution in [0.2, 0.25) is 0 Å². The molecule has 1 fully saturated rings. The van der Waals surface area contributed by atoms with Gasteiger partial charge in [-0.2, -0.15) is 0 Å². The molecular formula is C86H62O55. The first-order chi connectivity index (χ1) is 66.3. The topological polar surface area (TPSA) is 900 Å². The number of carboxylic acids is 5. The maximum Gasteiger partial charge on any atom is 0.343 e. The maximum absolute atomic E-state index is 15.6. The quantitative estimate of drug-likeness (QED) is 0.00876. The second-order valence-electron chi connectivity index (χ2n) is 28.4. The molecule has 0 amide bonds. The van der Waals surface area contributed by atoms with Gasteiger partial charge in [-0.15, -0.1) is 0 Å². The number of benzene rings is 10. The Morgan fingerprint density at radius 2 is 0.454 bits per heavy atom. The Morgan fingerprint density at radius 3 is 0.766 bits per heavy atom. The summed E-state index contributed by atoms with van der Waals surface area (Å²) in [6, 6.07) is 7.88. The van der Waals surface area contributed by atoms with Crippen molar-refractivity contribution in [1.82, 2.24) is 0 Å². The Labute approximate surface area is 776 Å². The van der Waals surface area contributed by atoms with Gasteiger partial charge in [-0.05, 0) is 121 Å². The second-order valence-corrected chi connectivity index (χ2v) is 28.4. The lowest BCUT2D eigenvalue weighted by Gasteiger charge is -2.44. The van der Waals surface area contributed by atoms with E-state index in [4.69, 9.17) is 76.2 Å². The van der Waals surface area contributed by atoms with Crippen molar-refractivity contribution in [3.05, 3.63) is 183 Å². The molecule has 5 atom stereocenters. The highest BCUT2D eigenvalue weighted by Gasteiger charge is 2.55. The molecule has 0 aromatic heterocycles. The Hall–Kier alpha value is -20.6. The van der Waals surface area contributed by atoms with Crippen LogP contribution in [0.5, 0.6) is 167 Å². The third kappa shape index (κ3) is 23.4. The molecule has 1 aliphatic heterocycles. The van der Waals surface area contributed by atoms with Crippen molar-refractivity contribution in [3.8, 4) is 167 Å². The molecule has 0 saturated carbocycles. The summed E-state index contributed by atoms with van der Waals surface area (Å²) in [5, 5.41) is 264. The normalized spacial score (nSPS) is 14.0. The molecule has 55 nitrogen and oxygen atoms in total. The monoisotopic (exact) mass is 1970 g/mol. The van der Waals surface area contributed by atoms with Crippen LogP contribution in [0, 0.1) is 0 Å². The van der Waals surface area contributed by atoms with E-state index in [-0.39, 0.29) is 30.3 Å². The predicted molar refractivity (Wildman–Crippen MR) is 439 cm³/mol. The van der Waals surface area contributed by atoms with E-state index >= 15 is 19.2 Å². The minimum atomic E-state index is -3.25. The van der Waals surface area contributed by atoms with Crippen LogP contribution in [0.1, 0.15) is 109 Å². The van der Waals surface area contributed by atoms with Crippen molar-refractivity contribution in [1.29, 1.82) is 0 Å². The lowest BCUT2D eigenvalue weighted by Crippen LogP contribution is -2.63. The van der Waals surface area contributed by atoms with Crippen molar-refractivity contribution >= 4 is 89.4 Å². The number of carbonyl (C=O) groups excluding carboxylic acids is 10. The highest BCUT2D eigenvalue weighted by Crippen LogP contribution is 2.49. The number of ether oxygens (including phenoxy) is 15. The van der Waals surface area contributed by atoms with E-state index in [9.17, 15) is 175 Å². The summed E-state index contributed by atoms with van der Waals surface area (Å²) in [6.07, 6.45) is -15.7. The highest BCUT2D eigenvalue weighted by molar-refractivity contribution is 6.13. The molecule has 0 radical (unpaired) electrons. The van der Waals surface area contributed by atoms with E-state index in [2.05, 4.69) is 0 Å². The number of ketones is 1.